The zero-order valence-electron chi connectivity index (χ0n) is 12.4. The number of carbonyl (C=O) groups excluding carboxylic acids is 1. The van der Waals surface area contributed by atoms with Crippen LogP contribution in [0.15, 0.2) is 12.3 Å². The molecule has 1 aliphatic rings. The minimum atomic E-state index is -0.190. The summed E-state index contributed by atoms with van der Waals surface area (Å²) in [5.74, 6) is 0.400. The molecule has 1 aliphatic heterocycles. The van der Waals surface area contributed by atoms with Crippen LogP contribution in [-0.4, -0.2) is 61.7 Å². The quantitative estimate of drug-likeness (QED) is 0.856. The van der Waals surface area contributed by atoms with E-state index in [2.05, 4.69) is 20.5 Å². The molecule has 116 valence electrons. The fourth-order valence-electron chi connectivity index (χ4n) is 2.16. The number of ether oxygens (including phenoxy) is 1. The molecule has 7 heteroatoms. The first kappa shape index (κ1) is 16.0. The summed E-state index contributed by atoms with van der Waals surface area (Å²) in [5.41, 5.74) is 0.450. The predicted molar refractivity (Wildman–Crippen MR) is 83.0 cm³/mol. The summed E-state index contributed by atoms with van der Waals surface area (Å²) in [5, 5.41) is 6.33. The van der Waals surface area contributed by atoms with Gasteiger partial charge in [-0.3, -0.25) is 4.79 Å². The van der Waals surface area contributed by atoms with Gasteiger partial charge >= 0.3 is 0 Å². The lowest BCUT2D eigenvalue weighted by Crippen LogP contribution is -2.45. The van der Waals surface area contributed by atoms with Crippen molar-refractivity contribution in [1.82, 2.24) is 15.2 Å². The highest BCUT2D eigenvalue weighted by Gasteiger charge is 2.19. The van der Waals surface area contributed by atoms with Gasteiger partial charge in [0.2, 0.25) is 0 Å². The Hall–Kier alpha value is -1.37. The van der Waals surface area contributed by atoms with Crippen molar-refractivity contribution >= 4 is 23.3 Å². The van der Waals surface area contributed by atoms with Gasteiger partial charge < -0.3 is 20.3 Å². The van der Waals surface area contributed by atoms with Crippen LogP contribution in [0, 0.1) is 0 Å². The lowest BCUT2D eigenvalue weighted by atomic mass is 10.2. The van der Waals surface area contributed by atoms with Gasteiger partial charge in [0, 0.05) is 32.4 Å². The van der Waals surface area contributed by atoms with Gasteiger partial charge in [-0.1, -0.05) is 11.6 Å². The predicted octanol–water partition coefficient (Wildman–Crippen LogP) is 1.23. The number of rotatable bonds is 5. The van der Waals surface area contributed by atoms with E-state index >= 15 is 0 Å². The molecule has 1 atom stereocenters. The molecule has 0 aliphatic carbocycles. The molecule has 1 saturated heterocycles. The largest absolute Gasteiger partial charge is 0.374 e. The zero-order chi connectivity index (χ0) is 15.2. The van der Waals surface area contributed by atoms with Crippen molar-refractivity contribution in [3.05, 3.63) is 22.8 Å². The minimum Gasteiger partial charge on any atom is -0.374 e. The third kappa shape index (κ3) is 4.56. The lowest BCUT2D eigenvalue weighted by molar-refractivity contribution is -0.0175. The smallest absolute Gasteiger partial charge is 0.252 e. The average molecular weight is 313 g/mol. The fraction of sp³-hybridized carbons (Fsp3) is 0.571. The van der Waals surface area contributed by atoms with Crippen LogP contribution < -0.4 is 10.6 Å². The summed E-state index contributed by atoms with van der Waals surface area (Å²) in [6.45, 7) is 5.61. The monoisotopic (exact) mass is 312 g/mol. The molecule has 0 spiro atoms. The van der Waals surface area contributed by atoms with Crippen molar-refractivity contribution in [2.24, 2.45) is 0 Å². The Morgan fingerprint density at radius 1 is 1.62 bits per heavy atom. The molecule has 1 aromatic rings. The molecule has 21 heavy (non-hydrogen) atoms. The summed E-state index contributed by atoms with van der Waals surface area (Å²) in [6.07, 6.45) is 1.55. The van der Waals surface area contributed by atoms with Gasteiger partial charge in [0.25, 0.3) is 5.91 Å². The molecule has 1 aromatic heterocycles. The van der Waals surface area contributed by atoms with Crippen LogP contribution >= 0.6 is 11.6 Å². The molecule has 0 saturated carbocycles. The molecule has 6 nitrogen and oxygen atoms in total. The first-order valence-electron chi connectivity index (χ1n) is 7.08. The molecule has 0 bridgehead atoms. The van der Waals surface area contributed by atoms with E-state index in [9.17, 15) is 4.79 Å². The van der Waals surface area contributed by atoms with Gasteiger partial charge in [-0.25, -0.2) is 4.98 Å². The first-order valence-corrected chi connectivity index (χ1v) is 7.45. The second-order valence-electron chi connectivity index (χ2n) is 5.05. The third-order valence-corrected chi connectivity index (χ3v) is 3.57. The van der Waals surface area contributed by atoms with E-state index in [0.29, 0.717) is 29.6 Å². The number of halogens is 1. The van der Waals surface area contributed by atoms with Crippen molar-refractivity contribution in [2.75, 3.05) is 45.2 Å². The highest BCUT2D eigenvalue weighted by molar-refractivity contribution is 6.33. The van der Waals surface area contributed by atoms with Gasteiger partial charge in [-0.15, -0.1) is 0 Å². The van der Waals surface area contributed by atoms with Gasteiger partial charge in [0.05, 0.1) is 23.3 Å². The van der Waals surface area contributed by atoms with Crippen molar-refractivity contribution in [2.45, 2.75) is 13.0 Å². The summed E-state index contributed by atoms with van der Waals surface area (Å²) < 4.78 is 5.60. The summed E-state index contributed by atoms with van der Waals surface area (Å²) in [6, 6.07) is 1.62. The number of morpholine rings is 1. The summed E-state index contributed by atoms with van der Waals surface area (Å²) >= 11 is 6.08. The topological polar surface area (TPSA) is 66.5 Å². The van der Waals surface area contributed by atoms with E-state index in [0.717, 1.165) is 19.6 Å². The van der Waals surface area contributed by atoms with E-state index in [1.54, 1.807) is 6.07 Å². The van der Waals surface area contributed by atoms with E-state index < -0.39 is 0 Å². The Morgan fingerprint density at radius 3 is 3.10 bits per heavy atom. The van der Waals surface area contributed by atoms with Gasteiger partial charge in [-0.2, -0.15) is 0 Å². The normalized spacial score (nSPS) is 19.3. The number of pyridine rings is 1. The maximum absolute atomic E-state index is 12.1. The van der Waals surface area contributed by atoms with E-state index in [1.165, 1.54) is 6.20 Å². The third-order valence-electron chi connectivity index (χ3n) is 3.28. The highest BCUT2D eigenvalue weighted by atomic mass is 35.5. The number of aromatic nitrogens is 1. The highest BCUT2D eigenvalue weighted by Crippen LogP contribution is 2.19. The maximum atomic E-state index is 12.1. The standard InChI is InChI=1S/C14H21ClN4O2/c1-3-16-13-12(15)6-10(7-17-13)14(20)18-8-11-9-19(2)4-5-21-11/h6-7,11H,3-5,8-9H2,1-2H3,(H,16,17)(H,18,20). The van der Waals surface area contributed by atoms with E-state index in [4.69, 9.17) is 16.3 Å². The van der Waals surface area contributed by atoms with E-state index in [1.807, 2.05) is 14.0 Å². The number of nitrogens with zero attached hydrogens (tertiary/aromatic N) is 2. The van der Waals surface area contributed by atoms with Crippen LogP contribution in [0.25, 0.3) is 0 Å². The summed E-state index contributed by atoms with van der Waals surface area (Å²) in [7, 11) is 2.04. The first-order chi connectivity index (χ1) is 10.1. The molecule has 1 amide bonds. The van der Waals surface area contributed by atoms with Crippen LogP contribution in [0.3, 0.4) is 0 Å². The molecule has 2 heterocycles. The van der Waals surface area contributed by atoms with Crippen LogP contribution in [0.1, 0.15) is 17.3 Å². The average Bonchev–Trinajstić information content (AvgIpc) is 2.47. The van der Waals surface area contributed by atoms with Gasteiger partial charge in [0.1, 0.15) is 5.82 Å². The number of hydrogen-bond donors (Lipinski definition) is 2. The molecule has 0 radical (unpaired) electrons. The fourth-order valence-corrected chi connectivity index (χ4v) is 2.39. The second kappa shape index (κ2) is 7.59. The maximum Gasteiger partial charge on any atom is 0.252 e. The Balaban J connectivity index is 1.89. The minimum absolute atomic E-state index is 0.0252. The lowest BCUT2D eigenvalue weighted by Gasteiger charge is -2.30. The van der Waals surface area contributed by atoms with Crippen LogP contribution in [0.2, 0.25) is 5.02 Å². The number of hydrogen-bond acceptors (Lipinski definition) is 5. The molecular formula is C14H21ClN4O2. The van der Waals surface area contributed by atoms with Crippen molar-refractivity contribution in [1.29, 1.82) is 0 Å². The van der Waals surface area contributed by atoms with Gasteiger partial charge in [0.15, 0.2) is 0 Å². The number of anilines is 1. The Labute approximate surface area is 129 Å². The number of amides is 1. The van der Waals surface area contributed by atoms with Crippen molar-refractivity contribution in [3.8, 4) is 0 Å². The summed E-state index contributed by atoms with van der Waals surface area (Å²) in [4.78, 5) is 18.4. The number of carbonyl (C=O) groups is 1. The Bertz CT molecular complexity index is 498. The van der Waals surface area contributed by atoms with E-state index in [-0.39, 0.29) is 12.0 Å². The van der Waals surface area contributed by atoms with Crippen LogP contribution in [0.5, 0.6) is 0 Å². The van der Waals surface area contributed by atoms with Gasteiger partial charge in [-0.05, 0) is 20.0 Å². The van der Waals surface area contributed by atoms with Crippen molar-refractivity contribution < 1.29 is 9.53 Å². The number of likely N-dealkylation sites (N-methyl/N-ethyl adjacent to an activating group) is 1. The SMILES string of the molecule is CCNc1ncc(C(=O)NCC2CN(C)CCO2)cc1Cl. The molecule has 2 rings (SSSR count). The second-order valence-corrected chi connectivity index (χ2v) is 5.46. The molecular weight excluding hydrogens is 292 g/mol. The Kier molecular flexibility index (Phi) is 5.78. The zero-order valence-corrected chi connectivity index (χ0v) is 13.1. The molecule has 0 aromatic carbocycles. The molecule has 1 unspecified atom stereocenters. The van der Waals surface area contributed by atoms with Crippen LogP contribution in [-0.2, 0) is 4.74 Å². The van der Waals surface area contributed by atoms with Crippen LogP contribution in [0.4, 0.5) is 5.82 Å². The molecule has 1 fully saturated rings. The molecule has 2 N–H and O–H groups in total. The number of nitrogens with one attached hydrogen (secondary N) is 2. The van der Waals surface area contributed by atoms with Crippen molar-refractivity contribution in [3.63, 3.8) is 0 Å². The Morgan fingerprint density at radius 2 is 2.43 bits per heavy atom.